The minimum Gasteiger partial charge on any atom is -0.487 e. The Balaban J connectivity index is 1.72. The van der Waals surface area contributed by atoms with Crippen molar-refractivity contribution in [2.24, 2.45) is 5.92 Å². The Morgan fingerprint density at radius 2 is 1.56 bits per heavy atom. The molecule has 0 aromatic heterocycles. The predicted molar refractivity (Wildman–Crippen MR) is 166 cm³/mol. The van der Waals surface area contributed by atoms with Gasteiger partial charge in [-0.2, -0.15) is 0 Å². The second-order valence-electron chi connectivity index (χ2n) is 11.2. The number of hydrogen-bond acceptors (Lipinski definition) is 6. The Labute approximate surface area is 252 Å². The molecule has 9 heteroatoms. The molecule has 0 radical (unpaired) electrons. The highest BCUT2D eigenvalue weighted by atomic mass is 16.5. The topological polar surface area (TPSA) is 120 Å². The summed E-state index contributed by atoms with van der Waals surface area (Å²) in [7, 11) is 3.62. The Bertz CT molecular complexity index is 1390. The number of rotatable bonds is 8. The summed E-state index contributed by atoms with van der Waals surface area (Å²) in [6.45, 7) is 3.79. The lowest BCUT2D eigenvalue weighted by atomic mass is 9.95. The van der Waals surface area contributed by atoms with Gasteiger partial charge in [0.2, 0.25) is 17.7 Å². The average molecular weight is 585 g/mol. The molecule has 0 saturated heterocycles. The molecule has 2 aliphatic heterocycles. The number of nitrogens with zero attached hydrogens (tertiary/aromatic N) is 1. The Kier molecular flexibility index (Phi) is 10.7. The van der Waals surface area contributed by atoms with Gasteiger partial charge in [-0.25, -0.2) is 0 Å². The second kappa shape index (κ2) is 14.6. The SMILES string of the molecule is CC(C)[C@H]1Oc2ccc(cc2)C=CNC(=O)[C@H]([C@H](O)c2ccccc2)NC(=O)[C@H]1NC(=O)[C@H](Cc1ccccc1)N(C)C. The van der Waals surface area contributed by atoms with E-state index in [-0.39, 0.29) is 11.8 Å². The molecule has 226 valence electrons. The first-order valence-electron chi connectivity index (χ1n) is 14.4. The number of benzene rings is 3. The third-order valence-corrected chi connectivity index (χ3v) is 7.45. The van der Waals surface area contributed by atoms with Crippen LogP contribution in [0.4, 0.5) is 0 Å². The summed E-state index contributed by atoms with van der Waals surface area (Å²) in [5.41, 5.74) is 2.24. The maximum atomic E-state index is 14.1. The molecule has 43 heavy (non-hydrogen) atoms. The van der Waals surface area contributed by atoms with Crippen molar-refractivity contribution in [1.29, 1.82) is 0 Å². The van der Waals surface area contributed by atoms with Gasteiger partial charge >= 0.3 is 0 Å². The van der Waals surface area contributed by atoms with E-state index in [9.17, 15) is 19.5 Å². The van der Waals surface area contributed by atoms with Gasteiger partial charge in [-0.1, -0.05) is 86.6 Å². The number of amides is 3. The van der Waals surface area contributed by atoms with Gasteiger partial charge in [-0.05, 0) is 61.3 Å². The van der Waals surface area contributed by atoms with Crippen molar-refractivity contribution < 1.29 is 24.2 Å². The third kappa shape index (κ3) is 8.30. The van der Waals surface area contributed by atoms with Crippen LogP contribution in [0.5, 0.6) is 5.75 Å². The van der Waals surface area contributed by atoms with Crippen LogP contribution in [-0.4, -0.2) is 66.1 Å². The van der Waals surface area contributed by atoms with Crippen LogP contribution in [-0.2, 0) is 20.8 Å². The van der Waals surface area contributed by atoms with Crippen LogP contribution < -0.4 is 20.7 Å². The van der Waals surface area contributed by atoms with E-state index in [0.717, 1.165) is 11.1 Å². The number of carbonyl (C=O) groups is 3. The van der Waals surface area contributed by atoms with Crippen LogP contribution in [0.2, 0.25) is 0 Å². The summed E-state index contributed by atoms with van der Waals surface area (Å²) in [5, 5.41) is 19.6. The number of aliphatic hydroxyl groups excluding tert-OH is 1. The molecular weight excluding hydrogens is 544 g/mol. The average Bonchev–Trinajstić information content (AvgIpc) is 3.00. The zero-order valence-corrected chi connectivity index (χ0v) is 24.9. The highest BCUT2D eigenvalue weighted by Crippen LogP contribution is 2.22. The fourth-order valence-corrected chi connectivity index (χ4v) is 4.98. The van der Waals surface area contributed by atoms with E-state index in [2.05, 4.69) is 16.0 Å². The maximum Gasteiger partial charge on any atom is 0.249 e. The molecule has 0 aliphatic carbocycles. The van der Waals surface area contributed by atoms with Gasteiger partial charge in [0.15, 0.2) is 0 Å². The summed E-state index contributed by atoms with van der Waals surface area (Å²) in [6, 6.07) is 22.3. The zero-order valence-electron chi connectivity index (χ0n) is 24.9. The molecule has 2 bridgehead atoms. The molecule has 2 aliphatic rings. The van der Waals surface area contributed by atoms with E-state index >= 15 is 0 Å². The molecule has 0 saturated carbocycles. The number of nitrogens with one attached hydrogen (secondary N) is 3. The molecule has 2 heterocycles. The van der Waals surface area contributed by atoms with Crippen molar-refractivity contribution in [3.63, 3.8) is 0 Å². The number of likely N-dealkylation sites (N-methyl/N-ethyl adjacent to an activating group) is 1. The molecule has 5 rings (SSSR count). The van der Waals surface area contributed by atoms with E-state index in [1.807, 2.05) is 70.4 Å². The fraction of sp³-hybridized carbons (Fsp3) is 0.324. The first kappa shape index (κ1) is 31.5. The van der Waals surface area contributed by atoms with Gasteiger partial charge in [0.05, 0.1) is 6.04 Å². The molecule has 0 spiro atoms. The maximum absolute atomic E-state index is 14.1. The number of hydrogen-bond donors (Lipinski definition) is 4. The van der Waals surface area contributed by atoms with E-state index < -0.39 is 42.1 Å². The molecule has 5 atom stereocenters. The Morgan fingerprint density at radius 3 is 2.16 bits per heavy atom. The molecule has 4 N–H and O–H groups in total. The van der Waals surface area contributed by atoms with Gasteiger partial charge < -0.3 is 25.8 Å². The molecule has 3 aromatic rings. The lowest BCUT2D eigenvalue weighted by Crippen LogP contribution is -2.62. The van der Waals surface area contributed by atoms with Crippen molar-refractivity contribution in [3.8, 4) is 5.75 Å². The summed E-state index contributed by atoms with van der Waals surface area (Å²) in [4.78, 5) is 43.1. The number of ether oxygens (including phenoxy) is 1. The number of carbonyl (C=O) groups excluding carboxylic acids is 3. The van der Waals surface area contributed by atoms with E-state index in [0.29, 0.717) is 17.7 Å². The fourth-order valence-electron chi connectivity index (χ4n) is 4.98. The van der Waals surface area contributed by atoms with Gasteiger partial charge in [0.1, 0.15) is 30.0 Å². The summed E-state index contributed by atoms with van der Waals surface area (Å²) >= 11 is 0. The van der Waals surface area contributed by atoms with Gasteiger partial charge in [-0.3, -0.25) is 19.3 Å². The van der Waals surface area contributed by atoms with Gasteiger partial charge in [-0.15, -0.1) is 0 Å². The van der Waals surface area contributed by atoms with E-state index in [1.54, 1.807) is 53.4 Å². The quantitative estimate of drug-likeness (QED) is 0.323. The molecule has 0 fully saturated rings. The summed E-state index contributed by atoms with van der Waals surface area (Å²) < 4.78 is 6.35. The van der Waals surface area contributed by atoms with Gasteiger partial charge in [0, 0.05) is 6.20 Å². The van der Waals surface area contributed by atoms with Gasteiger partial charge in [0.25, 0.3) is 0 Å². The van der Waals surface area contributed by atoms with E-state index in [1.165, 1.54) is 6.20 Å². The summed E-state index contributed by atoms with van der Waals surface area (Å²) in [5.74, 6) is -1.33. The number of aliphatic hydroxyl groups is 1. The smallest absolute Gasteiger partial charge is 0.249 e. The predicted octanol–water partition coefficient (Wildman–Crippen LogP) is 3.07. The highest BCUT2D eigenvalue weighted by molar-refractivity contribution is 5.94. The molecular formula is C34H40N4O5. The molecule has 0 unspecified atom stereocenters. The van der Waals surface area contributed by atoms with Crippen LogP contribution in [0.25, 0.3) is 6.08 Å². The standard InChI is InChI=1S/C34H40N4O5/c1-22(2)31-29(37-32(40)27(38(3)4)21-24-11-7-5-8-12-24)34(42)36-28(30(39)25-13-9-6-10-14-25)33(41)35-20-19-23-15-17-26(43-31)18-16-23/h5-20,22,27-31,39H,21H2,1-4H3,(H,35,41)(H,36,42)(H,37,40)/t27-,28-,29-,30+,31+/m0/s1. The lowest BCUT2D eigenvalue weighted by Gasteiger charge is -2.34. The minimum absolute atomic E-state index is 0.221. The highest BCUT2D eigenvalue weighted by Gasteiger charge is 2.39. The monoisotopic (exact) mass is 584 g/mol. The van der Waals surface area contributed by atoms with Crippen LogP contribution in [0, 0.1) is 5.92 Å². The van der Waals surface area contributed by atoms with Crippen molar-refractivity contribution in [2.45, 2.75) is 50.6 Å². The molecule has 3 aromatic carbocycles. The number of fused-ring (bicyclic) bond motifs is 10. The van der Waals surface area contributed by atoms with Crippen LogP contribution >= 0.6 is 0 Å². The Morgan fingerprint density at radius 1 is 0.930 bits per heavy atom. The van der Waals surface area contributed by atoms with Crippen LogP contribution in [0.1, 0.15) is 36.6 Å². The third-order valence-electron chi connectivity index (χ3n) is 7.45. The van der Waals surface area contributed by atoms with Crippen molar-refractivity contribution in [2.75, 3.05) is 14.1 Å². The molecule has 9 nitrogen and oxygen atoms in total. The molecule has 3 amide bonds. The van der Waals surface area contributed by atoms with Crippen LogP contribution in [0.15, 0.2) is 91.1 Å². The van der Waals surface area contributed by atoms with Crippen molar-refractivity contribution in [1.82, 2.24) is 20.9 Å². The summed E-state index contributed by atoms with van der Waals surface area (Å²) in [6.07, 6.45) is 1.44. The van der Waals surface area contributed by atoms with E-state index in [4.69, 9.17) is 4.74 Å². The second-order valence-corrected chi connectivity index (χ2v) is 11.2. The van der Waals surface area contributed by atoms with Crippen molar-refractivity contribution >= 4 is 23.8 Å². The first-order valence-corrected chi connectivity index (χ1v) is 14.4. The zero-order chi connectivity index (χ0) is 30.9. The minimum atomic E-state index is -1.36. The Hall–Kier alpha value is -4.47. The van der Waals surface area contributed by atoms with Crippen molar-refractivity contribution in [3.05, 3.63) is 108 Å². The van der Waals surface area contributed by atoms with Crippen LogP contribution in [0.3, 0.4) is 0 Å². The lowest BCUT2D eigenvalue weighted by molar-refractivity contribution is -0.137. The largest absolute Gasteiger partial charge is 0.487 e. The first-order chi connectivity index (χ1) is 20.6. The normalized spacial score (nSPS) is 20.5.